The summed E-state index contributed by atoms with van der Waals surface area (Å²) in [4.78, 5) is 18.9. The maximum Gasteiger partial charge on any atom is 0.268 e. The van der Waals surface area contributed by atoms with E-state index in [9.17, 15) is 4.79 Å². The van der Waals surface area contributed by atoms with E-state index in [1.54, 1.807) is 24.4 Å². The Morgan fingerprint density at radius 2 is 2.09 bits per heavy atom. The molecular weight excluding hydrogens is 351 g/mol. The monoisotopic (exact) mass is 360 g/mol. The Morgan fingerprint density at radius 3 is 2.87 bits per heavy atom. The molecule has 1 aromatic carbocycles. The second kappa shape index (κ2) is 6.67. The zero-order chi connectivity index (χ0) is 16.4. The Labute approximate surface area is 147 Å². The fraction of sp³-hybridized carbons (Fsp3) is 0.0588. The number of benzene rings is 1. The van der Waals surface area contributed by atoms with Crippen molar-refractivity contribution < 1.29 is 0 Å². The first-order chi connectivity index (χ1) is 11.1. The van der Waals surface area contributed by atoms with Crippen LogP contribution in [0.3, 0.4) is 0 Å². The molecule has 3 rings (SSSR count). The zero-order valence-electron chi connectivity index (χ0n) is 11.8. The van der Waals surface area contributed by atoms with E-state index in [0.717, 1.165) is 10.9 Å². The van der Waals surface area contributed by atoms with Crippen LogP contribution in [0.25, 0.3) is 10.8 Å². The van der Waals surface area contributed by atoms with E-state index in [-0.39, 0.29) is 10.6 Å². The molecule has 3 aromatic rings. The van der Waals surface area contributed by atoms with Crippen molar-refractivity contribution in [2.45, 2.75) is 10.8 Å². The van der Waals surface area contributed by atoms with Crippen LogP contribution < -0.4 is 5.56 Å². The van der Waals surface area contributed by atoms with Crippen LogP contribution >= 0.6 is 35.0 Å². The number of nitrogens with zero attached hydrogens (tertiary/aromatic N) is 1. The summed E-state index contributed by atoms with van der Waals surface area (Å²) in [6, 6.07) is 8.98. The number of H-pyrrole nitrogens is 1. The largest absolute Gasteiger partial charge is 0.315 e. The minimum Gasteiger partial charge on any atom is -0.315 e. The predicted octanol–water partition coefficient (Wildman–Crippen LogP) is 4.50. The van der Waals surface area contributed by atoms with Crippen molar-refractivity contribution in [3.8, 4) is 12.3 Å². The normalized spacial score (nSPS) is 10.7. The summed E-state index contributed by atoms with van der Waals surface area (Å²) < 4.78 is 0. The summed E-state index contributed by atoms with van der Waals surface area (Å²) in [5.41, 5.74) is 1.19. The van der Waals surface area contributed by atoms with Crippen LogP contribution in [0.1, 0.15) is 11.3 Å². The Bertz CT molecular complexity index is 992. The summed E-state index contributed by atoms with van der Waals surface area (Å²) in [7, 11) is 0. The molecule has 2 aromatic heterocycles. The summed E-state index contributed by atoms with van der Waals surface area (Å²) in [6.45, 7) is 0. The predicted molar refractivity (Wildman–Crippen MR) is 96.3 cm³/mol. The Morgan fingerprint density at radius 1 is 1.26 bits per heavy atom. The number of hydrogen-bond donors (Lipinski definition) is 1. The molecule has 0 aliphatic heterocycles. The molecule has 0 aliphatic rings. The van der Waals surface area contributed by atoms with Gasteiger partial charge in [-0.1, -0.05) is 35.3 Å². The molecule has 23 heavy (non-hydrogen) atoms. The van der Waals surface area contributed by atoms with Crippen molar-refractivity contribution >= 4 is 45.7 Å². The van der Waals surface area contributed by atoms with Crippen molar-refractivity contribution in [3.05, 3.63) is 68.2 Å². The summed E-state index contributed by atoms with van der Waals surface area (Å²) in [5.74, 6) is 3.14. The molecule has 0 fully saturated rings. The molecular formula is C17H10Cl2N2OS. The number of fused-ring (bicyclic) bond motifs is 1. The molecule has 3 nitrogen and oxygen atoms in total. The summed E-state index contributed by atoms with van der Waals surface area (Å²) in [6.07, 6.45) is 7.11. The maximum atomic E-state index is 12.0. The van der Waals surface area contributed by atoms with Gasteiger partial charge in [-0.25, -0.2) is 4.98 Å². The molecule has 0 radical (unpaired) electrons. The fourth-order valence-electron chi connectivity index (χ4n) is 2.19. The van der Waals surface area contributed by atoms with Crippen LogP contribution in [-0.4, -0.2) is 9.97 Å². The number of hydrogen-bond acceptors (Lipinski definition) is 3. The van der Waals surface area contributed by atoms with Crippen molar-refractivity contribution in [3.63, 3.8) is 0 Å². The van der Waals surface area contributed by atoms with Crippen LogP contribution in [0.15, 0.2) is 46.3 Å². The van der Waals surface area contributed by atoms with E-state index in [4.69, 9.17) is 29.6 Å². The van der Waals surface area contributed by atoms with E-state index in [2.05, 4.69) is 15.9 Å². The van der Waals surface area contributed by atoms with E-state index in [1.165, 1.54) is 11.8 Å². The van der Waals surface area contributed by atoms with Gasteiger partial charge in [0.1, 0.15) is 10.7 Å². The van der Waals surface area contributed by atoms with Gasteiger partial charge < -0.3 is 4.98 Å². The average Bonchev–Trinajstić information content (AvgIpc) is 2.57. The molecule has 0 bridgehead atoms. The zero-order valence-corrected chi connectivity index (χ0v) is 14.1. The molecule has 114 valence electrons. The molecule has 0 unspecified atom stereocenters. The highest BCUT2D eigenvalue weighted by Crippen LogP contribution is 2.32. The number of pyridine rings is 2. The topological polar surface area (TPSA) is 45.8 Å². The van der Waals surface area contributed by atoms with Gasteiger partial charge in [-0.2, -0.15) is 0 Å². The standard InChI is InChI=1S/C17H10Cl2N2OS/c1-2-14-10(4-3-7-20-14)9-23-17-13-8-11(18)5-6-12(13)15(19)16(22)21-17/h1,3-8H,9H2,(H,21,22). The minimum atomic E-state index is -0.327. The molecule has 0 spiro atoms. The van der Waals surface area contributed by atoms with Gasteiger partial charge >= 0.3 is 0 Å². The molecule has 0 atom stereocenters. The van der Waals surface area contributed by atoms with Gasteiger partial charge in [0.2, 0.25) is 0 Å². The molecule has 2 heterocycles. The summed E-state index contributed by atoms with van der Waals surface area (Å²) >= 11 is 13.6. The molecule has 0 amide bonds. The molecule has 1 N–H and O–H groups in total. The third-order valence-corrected chi connectivity index (χ3v) is 4.97. The van der Waals surface area contributed by atoms with E-state index >= 15 is 0 Å². The van der Waals surface area contributed by atoms with Crippen LogP contribution in [0.4, 0.5) is 0 Å². The van der Waals surface area contributed by atoms with Crippen LogP contribution in [-0.2, 0) is 5.75 Å². The quantitative estimate of drug-likeness (QED) is 0.552. The third-order valence-electron chi connectivity index (χ3n) is 3.29. The van der Waals surface area contributed by atoms with E-state index < -0.39 is 0 Å². The van der Waals surface area contributed by atoms with Gasteiger partial charge in [0.25, 0.3) is 5.56 Å². The molecule has 6 heteroatoms. The highest BCUT2D eigenvalue weighted by atomic mass is 35.5. The lowest BCUT2D eigenvalue weighted by atomic mass is 10.2. The van der Waals surface area contributed by atoms with Crippen molar-refractivity contribution in [1.29, 1.82) is 0 Å². The number of terminal acetylenes is 1. The fourth-order valence-corrected chi connectivity index (χ4v) is 3.60. The molecule has 0 saturated carbocycles. The lowest BCUT2D eigenvalue weighted by Crippen LogP contribution is -2.08. The van der Waals surface area contributed by atoms with Crippen molar-refractivity contribution in [2.75, 3.05) is 0 Å². The molecule has 0 saturated heterocycles. The van der Waals surface area contributed by atoms with Crippen molar-refractivity contribution in [2.24, 2.45) is 0 Å². The highest BCUT2D eigenvalue weighted by Gasteiger charge is 2.11. The number of nitrogens with one attached hydrogen (secondary N) is 1. The van der Waals surface area contributed by atoms with Crippen LogP contribution in [0.5, 0.6) is 0 Å². The molecule has 0 aliphatic carbocycles. The first-order valence-electron chi connectivity index (χ1n) is 6.64. The number of halogens is 2. The minimum absolute atomic E-state index is 0.159. The number of rotatable bonds is 3. The Balaban J connectivity index is 2.04. The second-order valence-corrected chi connectivity index (χ2v) is 6.53. The van der Waals surface area contributed by atoms with Crippen LogP contribution in [0, 0.1) is 12.3 Å². The number of aromatic nitrogens is 2. The Kier molecular flexibility index (Phi) is 4.63. The van der Waals surface area contributed by atoms with E-state index in [1.807, 2.05) is 12.1 Å². The highest BCUT2D eigenvalue weighted by molar-refractivity contribution is 7.98. The Hall–Kier alpha value is -1.93. The average molecular weight is 361 g/mol. The lowest BCUT2D eigenvalue weighted by molar-refractivity contribution is 1.11. The van der Waals surface area contributed by atoms with E-state index in [0.29, 0.717) is 26.9 Å². The summed E-state index contributed by atoms with van der Waals surface area (Å²) in [5, 5.41) is 2.91. The van der Waals surface area contributed by atoms with Gasteiger partial charge in [-0.3, -0.25) is 4.79 Å². The van der Waals surface area contributed by atoms with Crippen molar-refractivity contribution in [1.82, 2.24) is 9.97 Å². The number of aromatic amines is 1. The smallest absolute Gasteiger partial charge is 0.268 e. The van der Waals surface area contributed by atoms with Gasteiger partial charge in [0.05, 0.1) is 5.03 Å². The second-order valence-electron chi connectivity index (χ2n) is 4.73. The van der Waals surface area contributed by atoms with Gasteiger partial charge in [-0.05, 0) is 29.7 Å². The SMILES string of the molecule is C#Cc1ncccc1CSc1[nH]c(=O)c(Cl)c2ccc(Cl)cc12. The lowest BCUT2D eigenvalue weighted by Gasteiger charge is -2.09. The van der Waals surface area contributed by atoms with Gasteiger partial charge in [0, 0.05) is 27.7 Å². The third kappa shape index (κ3) is 3.23. The number of thioether (sulfide) groups is 1. The first-order valence-corrected chi connectivity index (χ1v) is 8.38. The first kappa shape index (κ1) is 15.9. The maximum absolute atomic E-state index is 12.0. The van der Waals surface area contributed by atoms with Crippen LogP contribution in [0.2, 0.25) is 10.0 Å². The van der Waals surface area contributed by atoms with Gasteiger partial charge in [-0.15, -0.1) is 18.2 Å². The van der Waals surface area contributed by atoms with Gasteiger partial charge in [0.15, 0.2) is 0 Å².